The van der Waals surface area contributed by atoms with Gasteiger partial charge in [0.15, 0.2) is 17.5 Å². The van der Waals surface area contributed by atoms with Crippen LogP contribution < -0.4 is 24.8 Å². The Morgan fingerprint density at radius 2 is 1.96 bits per heavy atom. The first-order chi connectivity index (χ1) is 13.1. The predicted octanol–water partition coefficient (Wildman–Crippen LogP) is 2.89. The third kappa shape index (κ3) is 7.09. The van der Waals surface area contributed by atoms with Crippen molar-refractivity contribution in [3.05, 3.63) is 17.7 Å². The van der Waals surface area contributed by atoms with Gasteiger partial charge in [-0.3, -0.25) is 0 Å². The average Bonchev–Trinajstić information content (AvgIpc) is 3.09. The van der Waals surface area contributed by atoms with Crippen LogP contribution in [0.15, 0.2) is 17.1 Å². The Balaban J connectivity index is 1.99. The number of nitrogens with zero attached hydrogens (tertiary/aromatic N) is 1. The molecular formula is C18H27F2N3O4. The zero-order valence-electron chi connectivity index (χ0n) is 15.7. The Morgan fingerprint density at radius 3 is 2.67 bits per heavy atom. The number of fused-ring (bicyclic) bond motifs is 1. The smallest absolute Gasteiger partial charge is 0.387 e. The summed E-state index contributed by atoms with van der Waals surface area (Å²) in [4.78, 5) is 4.46. The summed E-state index contributed by atoms with van der Waals surface area (Å²) in [6, 6.07) is 3.04. The lowest BCUT2D eigenvalue weighted by molar-refractivity contribution is -0.0505. The molecule has 0 fully saturated rings. The van der Waals surface area contributed by atoms with Crippen LogP contribution in [0.1, 0.15) is 31.7 Å². The fourth-order valence-electron chi connectivity index (χ4n) is 2.56. The third-order valence-corrected chi connectivity index (χ3v) is 3.84. The van der Waals surface area contributed by atoms with E-state index in [9.17, 15) is 8.78 Å². The van der Waals surface area contributed by atoms with Crippen LogP contribution in [0.3, 0.4) is 0 Å². The molecule has 0 saturated heterocycles. The first-order valence-corrected chi connectivity index (χ1v) is 9.02. The number of hydrogen-bond acceptors (Lipinski definition) is 5. The maximum Gasteiger partial charge on any atom is 0.387 e. The quantitative estimate of drug-likeness (QED) is 0.346. The SMILES string of the molecule is CCNC(=NCc1cc2c(cc1OC(F)F)OCO2)NCCCCCOC. The molecule has 7 nitrogen and oxygen atoms in total. The zero-order chi connectivity index (χ0) is 19.5. The average molecular weight is 387 g/mol. The molecule has 1 aliphatic rings. The van der Waals surface area contributed by atoms with Gasteiger partial charge in [-0.25, -0.2) is 4.99 Å². The van der Waals surface area contributed by atoms with Gasteiger partial charge in [0.2, 0.25) is 6.79 Å². The van der Waals surface area contributed by atoms with Gasteiger partial charge in [0.1, 0.15) is 5.75 Å². The predicted molar refractivity (Wildman–Crippen MR) is 97.7 cm³/mol. The molecule has 0 aromatic heterocycles. The standard InChI is InChI=1S/C18H27F2N3O4/c1-3-21-18(22-7-5-4-6-8-24-2)23-11-13-9-15-16(26-12-25-15)10-14(13)27-17(19)20/h9-10,17H,3-8,11-12H2,1-2H3,(H2,21,22,23). The molecule has 9 heteroatoms. The summed E-state index contributed by atoms with van der Waals surface area (Å²) >= 11 is 0. The number of guanidine groups is 1. The molecule has 1 aromatic carbocycles. The molecule has 0 spiro atoms. The van der Waals surface area contributed by atoms with Crippen molar-refractivity contribution < 1.29 is 27.7 Å². The first kappa shape index (κ1) is 21.0. The van der Waals surface area contributed by atoms with Crippen LogP contribution in [0.5, 0.6) is 17.2 Å². The van der Waals surface area contributed by atoms with Crippen molar-refractivity contribution in [1.29, 1.82) is 0 Å². The van der Waals surface area contributed by atoms with Crippen LogP contribution in [0.2, 0.25) is 0 Å². The number of unbranched alkanes of at least 4 members (excludes halogenated alkanes) is 2. The summed E-state index contributed by atoms with van der Waals surface area (Å²) in [7, 11) is 1.69. The van der Waals surface area contributed by atoms with Crippen LogP contribution in [0.4, 0.5) is 8.78 Å². The van der Waals surface area contributed by atoms with Crippen molar-refractivity contribution in [2.24, 2.45) is 4.99 Å². The molecule has 1 aromatic rings. The van der Waals surface area contributed by atoms with E-state index in [1.807, 2.05) is 6.92 Å². The number of hydrogen-bond donors (Lipinski definition) is 2. The van der Waals surface area contributed by atoms with Crippen molar-refractivity contribution >= 4 is 5.96 Å². The Hall–Kier alpha value is -2.29. The summed E-state index contributed by atoms with van der Waals surface area (Å²) in [5.74, 6) is 1.54. The van der Waals surface area contributed by atoms with Crippen LogP contribution >= 0.6 is 0 Å². The van der Waals surface area contributed by atoms with Crippen molar-refractivity contribution in [3.63, 3.8) is 0 Å². The van der Waals surface area contributed by atoms with E-state index in [0.29, 0.717) is 29.6 Å². The fraction of sp³-hybridized carbons (Fsp3) is 0.611. The van der Waals surface area contributed by atoms with Gasteiger partial charge in [0.25, 0.3) is 0 Å². The van der Waals surface area contributed by atoms with Crippen LogP contribution in [-0.2, 0) is 11.3 Å². The fourth-order valence-corrected chi connectivity index (χ4v) is 2.56. The highest BCUT2D eigenvalue weighted by atomic mass is 19.3. The van der Waals surface area contributed by atoms with Crippen LogP contribution in [0, 0.1) is 0 Å². The lowest BCUT2D eigenvalue weighted by Gasteiger charge is -2.13. The number of halogens is 2. The summed E-state index contributed by atoms with van der Waals surface area (Å²) in [6.45, 7) is 1.47. The van der Waals surface area contributed by atoms with Gasteiger partial charge in [-0.05, 0) is 32.3 Å². The lowest BCUT2D eigenvalue weighted by atomic mass is 10.1. The minimum atomic E-state index is -2.92. The normalized spacial score (nSPS) is 13.1. The summed E-state index contributed by atoms with van der Waals surface area (Å²) in [5, 5.41) is 6.37. The highest BCUT2D eigenvalue weighted by Gasteiger charge is 2.20. The van der Waals surface area contributed by atoms with Gasteiger partial charge in [0, 0.05) is 38.4 Å². The third-order valence-electron chi connectivity index (χ3n) is 3.84. The zero-order valence-corrected chi connectivity index (χ0v) is 15.7. The van der Waals surface area contributed by atoms with Gasteiger partial charge in [0.05, 0.1) is 6.54 Å². The van der Waals surface area contributed by atoms with Crippen molar-refractivity contribution in [2.45, 2.75) is 39.3 Å². The number of methoxy groups -OCH3 is 1. The Bertz CT molecular complexity index is 615. The van der Waals surface area contributed by atoms with E-state index in [4.69, 9.17) is 14.2 Å². The van der Waals surface area contributed by atoms with Crippen molar-refractivity contribution in [3.8, 4) is 17.2 Å². The molecule has 27 heavy (non-hydrogen) atoms. The maximum absolute atomic E-state index is 12.7. The molecule has 2 rings (SSSR count). The molecule has 0 unspecified atom stereocenters. The monoisotopic (exact) mass is 387 g/mol. The van der Waals surface area contributed by atoms with E-state index in [0.717, 1.165) is 32.4 Å². The largest absolute Gasteiger partial charge is 0.454 e. The molecule has 0 amide bonds. The van der Waals surface area contributed by atoms with Crippen molar-refractivity contribution in [1.82, 2.24) is 10.6 Å². The molecule has 1 aliphatic heterocycles. The van der Waals surface area contributed by atoms with Gasteiger partial charge >= 0.3 is 6.61 Å². The molecular weight excluding hydrogens is 360 g/mol. The number of ether oxygens (including phenoxy) is 4. The number of nitrogens with one attached hydrogen (secondary N) is 2. The summed E-state index contributed by atoms with van der Waals surface area (Å²) < 4.78 is 45.6. The van der Waals surface area contributed by atoms with Gasteiger partial charge in [-0.2, -0.15) is 8.78 Å². The highest BCUT2D eigenvalue weighted by Crippen LogP contribution is 2.38. The number of benzene rings is 1. The first-order valence-electron chi connectivity index (χ1n) is 9.02. The molecule has 0 saturated carbocycles. The lowest BCUT2D eigenvalue weighted by Crippen LogP contribution is -2.37. The summed E-state index contributed by atoms with van der Waals surface area (Å²) in [5.41, 5.74) is 0.497. The van der Waals surface area contributed by atoms with Crippen molar-refractivity contribution in [2.75, 3.05) is 33.6 Å². The number of aliphatic imine (C=N–C) groups is 1. The molecule has 152 valence electrons. The number of rotatable bonds is 11. The molecule has 0 atom stereocenters. The van der Waals surface area contributed by atoms with Gasteiger partial charge in [-0.15, -0.1) is 0 Å². The molecule has 0 radical (unpaired) electrons. The maximum atomic E-state index is 12.7. The van der Waals surface area contributed by atoms with E-state index in [2.05, 4.69) is 20.4 Å². The Morgan fingerprint density at radius 1 is 1.19 bits per heavy atom. The van der Waals surface area contributed by atoms with Crippen LogP contribution in [-0.4, -0.2) is 46.2 Å². The second kappa shape index (κ2) is 11.4. The van der Waals surface area contributed by atoms with E-state index >= 15 is 0 Å². The second-order valence-electron chi connectivity index (χ2n) is 5.87. The highest BCUT2D eigenvalue weighted by molar-refractivity contribution is 5.79. The summed E-state index contributed by atoms with van der Waals surface area (Å²) in [6.07, 6.45) is 3.05. The minimum absolute atomic E-state index is 0.0356. The molecule has 0 aliphatic carbocycles. The second-order valence-corrected chi connectivity index (χ2v) is 5.87. The Labute approximate surface area is 158 Å². The molecule has 2 N–H and O–H groups in total. The van der Waals surface area contributed by atoms with E-state index < -0.39 is 6.61 Å². The van der Waals surface area contributed by atoms with E-state index in [-0.39, 0.29) is 19.1 Å². The van der Waals surface area contributed by atoms with E-state index in [1.54, 1.807) is 13.2 Å². The van der Waals surface area contributed by atoms with E-state index in [1.165, 1.54) is 6.07 Å². The minimum Gasteiger partial charge on any atom is -0.454 e. The topological polar surface area (TPSA) is 73.3 Å². The van der Waals surface area contributed by atoms with Gasteiger partial charge in [-0.1, -0.05) is 0 Å². The molecule has 0 bridgehead atoms. The van der Waals surface area contributed by atoms with Crippen LogP contribution in [0.25, 0.3) is 0 Å². The van der Waals surface area contributed by atoms with Gasteiger partial charge < -0.3 is 29.6 Å². The Kier molecular flexibility index (Phi) is 8.90. The number of alkyl halides is 2. The molecule has 1 heterocycles.